The predicted octanol–water partition coefficient (Wildman–Crippen LogP) is 3.58. The molecule has 27 heavy (non-hydrogen) atoms. The van der Waals surface area contributed by atoms with E-state index in [-0.39, 0.29) is 24.0 Å². The standard InChI is InChI=1S/C20H29ClN4O.HI/c1-22-20(24-17-12-16-7-8-19(17)26-16)23-13-18(25-9-2-3-10-25)14-5-4-6-15(21)11-14;/h4-6,11,16-19H,2-3,7-10,12-13H2,1H3,(H2,22,23,24);1H. The third kappa shape index (κ3) is 5.08. The van der Waals surface area contributed by atoms with Crippen molar-refractivity contribution in [2.45, 2.75) is 56.4 Å². The van der Waals surface area contributed by atoms with Gasteiger partial charge in [-0.2, -0.15) is 0 Å². The van der Waals surface area contributed by atoms with Gasteiger partial charge in [0.25, 0.3) is 0 Å². The predicted molar refractivity (Wildman–Crippen MR) is 121 cm³/mol. The summed E-state index contributed by atoms with van der Waals surface area (Å²) in [7, 11) is 1.84. The van der Waals surface area contributed by atoms with Crippen LogP contribution in [-0.4, -0.2) is 55.8 Å². The lowest BCUT2D eigenvalue weighted by Crippen LogP contribution is -2.49. The van der Waals surface area contributed by atoms with E-state index >= 15 is 0 Å². The highest BCUT2D eigenvalue weighted by atomic mass is 127. The summed E-state index contributed by atoms with van der Waals surface area (Å²) < 4.78 is 5.95. The second kappa shape index (κ2) is 9.76. The average molecular weight is 505 g/mol. The Hall–Kier alpha value is -0.570. The van der Waals surface area contributed by atoms with Crippen molar-refractivity contribution in [1.29, 1.82) is 0 Å². The number of nitrogens with zero attached hydrogens (tertiary/aromatic N) is 2. The molecule has 0 saturated carbocycles. The third-order valence-electron chi connectivity index (χ3n) is 5.93. The van der Waals surface area contributed by atoms with Gasteiger partial charge in [0.05, 0.1) is 24.3 Å². The van der Waals surface area contributed by atoms with Crippen LogP contribution >= 0.6 is 35.6 Å². The highest BCUT2D eigenvalue weighted by molar-refractivity contribution is 14.0. The molecule has 0 aliphatic carbocycles. The number of guanidine groups is 1. The Morgan fingerprint density at radius 1 is 1.33 bits per heavy atom. The van der Waals surface area contributed by atoms with Crippen LogP contribution in [0.2, 0.25) is 5.02 Å². The fraction of sp³-hybridized carbons (Fsp3) is 0.650. The Bertz CT molecular complexity index is 653. The Morgan fingerprint density at radius 2 is 2.15 bits per heavy atom. The average Bonchev–Trinajstić information content (AvgIpc) is 3.39. The zero-order valence-electron chi connectivity index (χ0n) is 15.9. The van der Waals surface area contributed by atoms with Gasteiger partial charge in [0, 0.05) is 18.6 Å². The van der Waals surface area contributed by atoms with Gasteiger partial charge < -0.3 is 15.4 Å². The Balaban J connectivity index is 0.00000210. The number of rotatable bonds is 5. The lowest BCUT2D eigenvalue weighted by atomic mass is 9.96. The molecule has 4 rings (SSSR count). The van der Waals surface area contributed by atoms with Crippen molar-refractivity contribution in [2.24, 2.45) is 4.99 Å². The SMILES string of the molecule is CN=C(NCC(c1cccc(Cl)c1)N1CCCC1)NC1CC2CCC1O2.I. The van der Waals surface area contributed by atoms with E-state index in [1.165, 1.54) is 24.8 Å². The van der Waals surface area contributed by atoms with E-state index in [4.69, 9.17) is 16.3 Å². The monoisotopic (exact) mass is 504 g/mol. The molecule has 0 amide bonds. The molecule has 5 nitrogen and oxygen atoms in total. The van der Waals surface area contributed by atoms with E-state index in [2.05, 4.69) is 32.7 Å². The summed E-state index contributed by atoms with van der Waals surface area (Å²) in [5.74, 6) is 0.873. The molecular formula is C20H30ClIN4O. The van der Waals surface area contributed by atoms with Crippen molar-refractivity contribution in [3.63, 3.8) is 0 Å². The Labute approximate surface area is 184 Å². The maximum absolute atomic E-state index is 6.25. The molecule has 3 fully saturated rings. The number of nitrogens with one attached hydrogen (secondary N) is 2. The summed E-state index contributed by atoms with van der Waals surface area (Å²) >= 11 is 6.25. The highest BCUT2D eigenvalue weighted by Crippen LogP contribution is 2.34. The maximum atomic E-state index is 6.25. The zero-order chi connectivity index (χ0) is 17.9. The van der Waals surface area contributed by atoms with Crippen LogP contribution < -0.4 is 10.6 Å². The van der Waals surface area contributed by atoms with Gasteiger partial charge in [-0.15, -0.1) is 24.0 Å². The van der Waals surface area contributed by atoms with E-state index < -0.39 is 0 Å². The van der Waals surface area contributed by atoms with Gasteiger partial charge in [-0.1, -0.05) is 23.7 Å². The second-order valence-electron chi connectivity index (χ2n) is 7.63. The molecule has 4 atom stereocenters. The van der Waals surface area contributed by atoms with Crippen LogP contribution in [0.25, 0.3) is 0 Å². The van der Waals surface area contributed by atoms with Gasteiger partial charge in [-0.3, -0.25) is 9.89 Å². The van der Waals surface area contributed by atoms with Gasteiger partial charge in [0.15, 0.2) is 5.96 Å². The van der Waals surface area contributed by atoms with E-state index in [0.29, 0.717) is 24.3 Å². The van der Waals surface area contributed by atoms with Gasteiger partial charge in [-0.05, 0) is 62.9 Å². The number of hydrogen-bond acceptors (Lipinski definition) is 3. The molecule has 7 heteroatoms. The first-order chi connectivity index (χ1) is 12.7. The van der Waals surface area contributed by atoms with Crippen molar-refractivity contribution >= 4 is 41.5 Å². The lowest BCUT2D eigenvalue weighted by molar-refractivity contribution is 0.0992. The minimum Gasteiger partial charge on any atom is -0.373 e. The van der Waals surface area contributed by atoms with Crippen LogP contribution in [0.5, 0.6) is 0 Å². The molecule has 1 aromatic rings. The van der Waals surface area contributed by atoms with E-state index in [9.17, 15) is 0 Å². The summed E-state index contributed by atoms with van der Waals surface area (Å²) in [5.41, 5.74) is 1.27. The topological polar surface area (TPSA) is 48.9 Å². The first kappa shape index (κ1) is 21.1. The first-order valence-electron chi connectivity index (χ1n) is 9.85. The molecule has 0 radical (unpaired) electrons. The number of fused-ring (bicyclic) bond motifs is 2. The van der Waals surface area contributed by atoms with Crippen LogP contribution in [0.1, 0.15) is 43.7 Å². The fourth-order valence-electron chi connectivity index (χ4n) is 4.58. The number of ether oxygens (including phenoxy) is 1. The molecule has 150 valence electrons. The van der Waals surface area contributed by atoms with Crippen molar-refractivity contribution in [2.75, 3.05) is 26.7 Å². The summed E-state index contributed by atoms with van der Waals surface area (Å²) in [6.07, 6.45) is 6.80. The Kier molecular flexibility index (Phi) is 7.65. The quantitative estimate of drug-likeness (QED) is 0.366. The summed E-state index contributed by atoms with van der Waals surface area (Å²) in [6.45, 7) is 3.11. The van der Waals surface area contributed by atoms with Gasteiger partial charge in [-0.25, -0.2) is 0 Å². The fourth-order valence-corrected chi connectivity index (χ4v) is 4.78. The van der Waals surface area contributed by atoms with Crippen molar-refractivity contribution in [3.05, 3.63) is 34.9 Å². The first-order valence-corrected chi connectivity index (χ1v) is 10.2. The molecule has 0 aromatic heterocycles. The van der Waals surface area contributed by atoms with Crippen LogP contribution in [0, 0.1) is 0 Å². The zero-order valence-corrected chi connectivity index (χ0v) is 19.0. The van der Waals surface area contributed by atoms with Crippen molar-refractivity contribution in [1.82, 2.24) is 15.5 Å². The molecule has 1 aromatic carbocycles. The Morgan fingerprint density at radius 3 is 2.78 bits per heavy atom. The van der Waals surface area contributed by atoms with Crippen LogP contribution in [0.15, 0.2) is 29.3 Å². The van der Waals surface area contributed by atoms with E-state index in [1.807, 2.05) is 19.2 Å². The summed E-state index contributed by atoms with van der Waals surface area (Å²) in [5, 5.41) is 7.92. The number of halogens is 2. The highest BCUT2D eigenvalue weighted by Gasteiger charge is 2.41. The summed E-state index contributed by atoms with van der Waals surface area (Å²) in [6, 6.07) is 8.94. The molecule has 2 bridgehead atoms. The van der Waals surface area contributed by atoms with Crippen molar-refractivity contribution in [3.8, 4) is 0 Å². The minimum absolute atomic E-state index is 0. The molecule has 3 aliphatic heterocycles. The van der Waals surface area contributed by atoms with Gasteiger partial charge >= 0.3 is 0 Å². The summed E-state index contributed by atoms with van der Waals surface area (Å²) in [4.78, 5) is 6.99. The molecule has 2 N–H and O–H groups in total. The molecular weight excluding hydrogens is 475 g/mol. The number of aliphatic imine (C=N–C) groups is 1. The molecule has 3 saturated heterocycles. The van der Waals surface area contributed by atoms with E-state index in [0.717, 1.165) is 43.5 Å². The number of likely N-dealkylation sites (tertiary alicyclic amines) is 1. The van der Waals surface area contributed by atoms with Gasteiger partial charge in [0.2, 0.25) is 0 Å². The number of hydrogen-bond donors (Lipinski definition) is 2. The molecule has 0 spiro atoms. The smallest absolute Gasteiger partial charge is 0.191 e. The third-order valence-corrected chi connectivity index (χ3v) is 6.16. The molecule has 3 aliphatic rings. The largest absolute Gasteiger partial charge is 0.373 e. The lowest BCUT2D eigenvalue weighted by Gasteiger charge is -2.30. The van der Waals surface area contributed by atoms with Crippen molar-refractivity contribution < 1.29 is 4.74 Å². The number of benzene rings is 1. The van der Waals surface area contributed by atoms with Crippen LogP contribution in [-0.2, 0) is 4.74 Å². The van der Waals surface area contributed by atoms with Crippen LogP contribution in [0.4, 0.5) is 0 Å². The van der Waals surface area contributed by atoms with E-state index in [1.54, 1.807) is 0 Å². The van der Waals surface area contributed by atoms with Crippen LogP contribution in [0.3, 0.4) is 0 Å². The minimum atomic E-state index is 0. The second-order valence-corrected chi connectivity index (χ2v) is 8.06. The molecule has 4 unspecified atom stereocenters. The maximum Gasteiger partial charge on any atom is 0.191 e. The van der Waals surface area contributed by atoms with Gasteiger partial charge in [0.1, 0.15) is 0 Å². The normalized spacial score (nSPS) is 28.8. The molecule has 3 heterocycles.